The van der Waals surface area contributed by atoms with E-state index in [0.717, 1.165) is 16.9 Å². The third-order valence-corrected chi connectivity index (χ3v) is 4.30. The molecule has 14 heavy (non-hydrogen) atoms. The molecule has 0 fully saturated rings. The molecule has 0 N–H and O–H groups in total. The van der Waals surface area contributed by atoms with Gasteiger partial charge in [0.25, 0.3) is 0 Å². The second-order valence-electron chi connectivity index (χ2n) is 3.05. The Hall–Kier alpha value is -0.690. The molecule has 3 aromatic heterocycles. The van der Waals surface area contributed by atoms with Gasteiger partial charge in [-0.2, -0.15) is 0 Å². The maximum Gasteiger partial charge on any atom is 0.157 e. The van der Waals surface area contributed by atoms with Gasteiger partial charge in [-0.1, -0.05) is 0 Å². The van der Waals surface area contributed by atoms with Gasteiger partial charge in [-0.15, -0.1) is 11.3 Å². The molecule has 0 spiro atoms. The number of aromatic nitrogens is 3. The molecule has 0 unspecified atom stereocenters. The Bertz CT molecular complexity index is 625. The predicted molar refractivity (Wildman–Crippen MR) is 65.8 cm³/mol. The van der Waals surface area contributed by atoms with Crippen LogP contribution in [0.1, 0.15) is 5.69 Å². The molecule has 5 heteroatoms. The molecule has 0 saturated heterocycles. The number of thiophene rings is 1. The molecule has 70 valence electrons. The van der Waals surface area contributed by atoms with E-state index in [1.165, 1.54) is 8.53 Å². The number of hydrogen-bond donors (Lipinski definition) is 0. The van der Waals surface area contributed by atoms with Gasteiger partial charge in [-0.25, -0.2) is 9.97 Å². The molecule has 3 nitrogen and oxygen atoms in total. The molecular weight excluding hydrogens is 309 g/mol. The van der Waals surface area contributed by atoms with E-state index in [0.29, 0.717) is 0 Å². The first-order valence-electron chi connectivity index (χ1n) is 4.14. The van der Waals surface area contributed by atoms with E-state index in [4.69, 9.17) is 0 Å². The summed E-state index contributed by atoms with van der Waals surface area (Å²) in [5.41, 5.74) is 3.04. The minimum absolute atomic E-state index is 0.932. The average molecular weight is 315 g/mol. The Morgan fingerprint density at radius 1 is 1.50 bits per heavy atom. The van der Waals surface area contributed by atoms with E-state index in [9.17, 15) is 0 Å². The Morgan fingerprint density at radius 3 is 3.21 bits per heavy atom. The molecular formula is C9H6IN3S. The summed E-state index contributed by atoms with van der Waals surface area (Å²) in [4.78, 5) is 9.96. The Morgan fingerprint density at radius 2 is 2.36 bits per heavy atom. The fraction of sp³-hybridized carbons (Fsp3) is 0.111. The van der Waals surface area contributed by atoms with Crippen molar-refractivity contribution in [3.8, 4) is 0 Å². The third-order valence-electron chi connectivity index (χ3n) is 2.15. The van der Waals surface area contributed by atoms with Gasteiger partial charge in [-0.05, 0) is 41.0 Å². The van der Waals surface area contributed by atoms with Gasteiger partial charge in [0.1, 0.15) is 8.53 Å². The van der Waals surface area contributed by atoms with Crippen LogP contribution >= 0.6 is 33.9 Å². The Labute approximate surface area is 97.9 Å². The fourth-order valence-electron chi connectivity index (χ4n) is 1.50. The smallest absolute Gasteiger partial charge is 0.157 e. The van der Waals surface area contributed by atoms with Crippen molar-refractivity contribution in [1.82, 2.24) is 14.4 Å². The molecule has 0 bridgehead atoms. The maximum absolute atomic E-state index is 4.44. The van der Waals surface area contributed by atoms with Gasteiger partial charge < -0.3 is 0 Å². The zero-order chi connectivity index (χ0) is 9.71. The third kappa shape index (κ3) is 1.02. The summed E-state index contributed by atoms with van der Waals surface area (Å²) in [6.07, 6.45) is 1.82. The molecule has 0 saturated carbocycles. The lowest BCUT2D eigenvalue weighted by Gasteiger charge is -1.96. The number of hydrogen-bond acceptors (Lipinski definition) is 3. The number of fused-ring (bicyclic) bond motifs is 3. The zero-order valence-corrected chi connectivity index (χ0v) is 10.3. The first-order chi connectivity index (χ1) is 6.77. The lowest BCUT2D eigenvalue weighted by Crippen LogP contribution is -1.89. The van der Waals surface area contributed by atoms with E-state index in [1.807, 2.05) is 19.2 Å². The minimum Gasteiger partial charge on any atom is -0.275 e. The number of imidazole rings is 1. The summed E-state index contributed by atoms with van der Waals surface area (Å²) >= 11 is 4.02. The topological polar surface area (TPSA) is 30.2 Å². The van der Waals surface area contributed by atoms with Crippen LogP contribution in [-0.2, 0) is 0 Å². The normalized spacial score (nSPS) is 11.6. The molecule has 0 aromatic carbocycles. The van der Waals surface area contributed by atoms with Crippen LogP contribution in [0.4, 0.5) is 0 Å². The number of aryl methyl sites for hydroxylation is 1. The fourth-order valence-corrected chi connectivity index (χ4v) is 3.13. The molecule has 0 aliphatic heterocycles. The molecule has 0 atom stereocenters. The summed E-state index contributed by atoms with van der Waals surface area (Å²) in [6.45, 7) is 2.02. The van der Waals surface area contributed by atoms with Crippen LogP contribution in [-0.4, -0.2) is 14.4 Å². The van der Waals surface area contributed by atoms with Crippen LogP contribution in [0.25, 0.3) is 16.0 Å². The highest BCUT2D eigenvalue weighted by molar-refractivity contribution is 14.1. The molecule has 0 radical (unpaired) electrons. The highest BCUT2D eigenvalue weighted by Crippen LogP contribution is 2.23. The summed E-state index contributed by atoms with van der Waals surface area (Å²) in [6, 6.07) is 2.03. The van der Waals surface area contributed by atoms with E-state index >= 15 is 0 Å². The lowest BCUT2D eigenvalue weighted by molar-refractivity contribution is 1.19. The monoisotopic (exact) mass is 315 g/mol. The van der Waals surface area contributed by atoms with E-state index in [1.54, 1.807) is 11.3 Å². The van der Waals surface area contributed by atoms with E-state index in [-0.39, 0.29) is 0 Å². The summed E-state index contributed by atoms with van der Waals surface area (Å²) < 4.78 is 3.33. The number of halogens is 1. The van der Waals surface area contributed by atoms with E-state index in [2.05, 4.69) is 42.3 Å². The number of nitrogens with zero attached hydrogens (tertiary/aromatic N) is 3. The highest BCUT2D eigenvalue weighted by atomic mass is 127. The zero-order valence-electron chi connectivity index (χ0n) is 7.36. The van der Waals surface area contributed by atoms with Gasteiger partial charge in [0.2, 0.25) is 0 Å². The first kappa shape index (κ1) is 8.60. The van der Waals surface area contributed by atoms with Gasteiger partial charge >= 0.3 is 0 Å². The molecule has 0 aliphatic rings. The predicted octanol–water partition coefficient (Wildman–Crippen LogP) is 2.86. The molecule has 3 rings (SSSR count). The van der Waals surface area contributed by atoms with Crippen molar-refractivity contribution in [3.05, 3.63) is 27.0 Å². The summed E-state index contributed by atoms with van der Waals surface area (Å²) in [5.74, 6) is 0. The second-order valence-corrected chi connectivity index (χ2v) is 4.97. The van der Waals surface area contributed by atoms with Crippen molar-refractivity contribution in [1.29, 1.82) is 0 Å². The van der Waals surface area contributed by atoms with Gasteiger partial charge in [0, 0.05) is 0 Å². The SMILES string of the molecule is Cc1nc2cnc3ccsc3n2c1I. The van der Waals surface area contributed by atoms with Gasteiger partial charge in [0.15, 0.2) is 5.65 Å². The van der Waals surface area contributed by atoms with Crippen molar-refractivity contribution < 1.29 is 0 Å². The molecule has 3 aromatic rings. The van der Waals surface area contributed by atoms with Crippen molar-refractivity contribution in [3.63, 3.8) is 0 Å². The maximum atomic E-state index is 4.44. The largest absolute Gasteiger partial charge is 0.275 e. The molecule has 0 aliphatic carbocycles. The van der Waals surface area contributed by atoms with Crippen LogP contribution in [0.3, 0.4) is 0 Å². The van der Waals surface area contributed by atoms with Gasteiger partial charge in [0.05, 0.1) is 17.4 Å². The van der Waals surface area contributed by atoms with Crippen LogP contribution in [0.2, 0.25) is 0 Å². The Kier molecular flexibility index (Phi) is 1.78. The Balaban J connectivity index is 2.66. The summed E-state index contributed by atoms with van der Waals surface area (Å²) in [5, 5.41) is 2.06. The van der Waals surface area contributed by atoms with Crippen molar-refractivity contribution in [2.45, 2.75) is 6.92 Å². The molecule has 3 heterocycles. The van der Waals surface area contributed by atoms with Crippen LogP contribution in [0, 0.1) is 10.6 Å². The van der Waals surface area contributed by atoms with Crippen LogP contribution in [0.15, 0.2) is 17.6 Å². The first-order valence-corrected chi connectivity index (χ1v) is 6.10. The minimum atomic E-state index is 0.932. The lowest BCUT2D eigenvalue weighted by atomic mass is 10.5. The molecule has 0 amide bonds. The van der Waals surface area contributed by atoms with Crippen molar-refractivity contribution in [2.24, 2.45) is 0 Å². The summed E-state index contributed by atoms with van der Waals surface area (Å²) in [7, 11) is 0. The van der Waals surface area contributed by atoms with Crippen molar-refractivity contribution >= 4 is 49.9 Å². The van der Waals surface area contributed by atoms with Crippen LogP contribution in [0.5, 0.6) is 0 Å². The van der Waals surface area contributed by atoms with Crippen molar-refractivity contribution in [2.75, 3.05) is 0 Å². The van der Waals surface area contributed by atoms with Gasteiger partial charge in [-0.3, -0.25) is 4.40 Å². The van der Waals surface area contributed by atoms with Crippen LogP contribution < -0.4 is 0 Å². The average Bonchev–Trinajstić information content (AvgIpc) is 2.72. The van der Waals surface area contributed by atoms with E-state index < -0.39 is 0 Å². The number of rotatable bonds is 0. The quantitative estimate of drug-likeness (QED) is 0.597. The second kappa shape index (κ2) is 2.90. The standard InChI is InChI=1S/C9H6IN3S/c1-5-8(10)13-7(12-5)4-11-6-2-3-14-9(6)13/h2-4H,1H3. The highest BCUT2D eigenvalue weighted by Gasteiger charge is 2.09.